The van der Waals surface area contributed by atoms with Gasteiger partial charge in [-0.05, 0) is 25.1 Å². The summed E-state index contributed by atoms with van der Waals surface area (Å²) >= 11 is 6.28. The van der Waals surface area contributed by atoms with Gasteiger partial charge in [0.2, 0.25) is 5.82 Å². The van der Waals surface area contributed by atoms with Gasteiger partial charge in [-0.1, -0.05) is 49.2 Å². The second-order valence-corrected chi connectivity index (χ2v) is 6.72. The van der Waals surface area contributed by atoms with E-state index in [0.717, 1.165) is 25.2 Å². The number of halogens is 2. The van der Waals surface area contributed by atoms with Gasteiger partial charge in [-0.2, -0.15) is 0 Å². The lowest BCUT2D eigenvalue weighted by atomic mass is 10.1. The van der Waals surface area contributed by atoms with Gasteiger partial charge < -0.3 is 10.6 Å². The zero-order valence-electron chi connectivity index (χ0n) is 14.8. The lowest BCUT2D eigenvalue weighted by molar-refractivity contribution is 0.0946. The van der Waals surface area contributed by atoms with Crippen LogP contribution in [0.2, 0.25) is 5.02 Å². The van der Waals surface area contributed by atoms with E-state index in [-0.39, 0.29) is 30.1 Å². The predicted molar refractivity (Wildman–Crippen MR) is 106 cm³/mol. The van der Waals surface area contributed by atoms with Gasteiger partial charge in [0.1, 0.15) is 5.82 Å². The fraction of sp³-hybridized carbons (Fsp3) is 0.389. The first kappa shape index (κ1) is 20.4. The lowest BCUT2D eigenvalue weighted by Crippen LogP contribution is -2.30. The molecule has 0 saturated carbocycles. The monoisotopic (exact) mass is 395 g/mol. The SMILES string of the molecule is CC(C)c1nc(C(=O)NCC2=CCNCC2)nn1-c1ccccc1Cl.Cl. The second kappa shape index (κ2) is 9.16. The minimum atomic E-state index is -0.271. The molecule has 1 aliphatic rings. The zero-order chi connectivity index (χ0) is 17.8. The summed E-state index contributed by atoms with van der Waals surface area (Å²) in [5.41, 5.74) is 1.95. The zero-order valence-corrected chi connectivity index (χ0v) is 16.4. The van der Waals surface area contributed by atoms with E-state index in [9.17, 15) is 4.79 Å². The van der Waals surface area contributed by atoms with Crippen LogP contribution in [0, 0.1) is 0 Å². The van der Waals surface area contributed by atoms with Crippen molar-refractivity contribution in [2.75, 3.05) is 19.6 Å². The fourth-order valence-electron chi connectivity index (χ4n) is 2.70. The predicted octanol–water partition coefficient (Wildman–Crippen LogP) is 3.12. The van der Waals surface area contributed by atoms with Gasteiger partial charge in [-0.3, -0.25) is 4.79 Å². The summed E-state index contributed by atoms with van der Waals surface area (Å²) in [7, 11) is 0. The highest BCUT2D eigenvalue weighted by atomic mass is 35.5. The number of carbonyl (C=O) groups excluding carboxylic acids is 1. The van der Waals surface area contributed by atoms with Crippen LogP contribution < -0.4 is 10.6 Å². The molecule has 0 saturated heterocycles. The number of amides is 1. The first-order valence-electron chi connectivity index (χ1n) is 8.45. The van der Waals surface area contributed by atoms with E-state index < -0.39 is 0 Å². The molecule has 1 aromatic heterocycles. The molecule has 1 amide bonds. The minimum absolute atomic E-state index is 0. The maximum Gasteiger partial charge on any atom is 0.291 e. The molecule has 26 heavy (non-hydrogen) atoms. The Morgan fingerprint density at radius 1 is 1.38 bits per heavy atom. The lowest BCUT2D eigenvalue weighted by Gasteiger charge is -2.13. The topological polar surface area (TPSA) is 71.8 Å². The molecule has 0 aliphatic carbocycles. The molecule has 8 heteroatoms. The fourth-order valence-corrected chi connectivity index (χ4v) is 2.91. The molecule has 1 aromatic carbocycles. The number of hydrogen-bond acceptors (Lipinski definition) is 4. The maximum absolute atomic E-state index is 12.5. The molecule has 0 bridgehead atoms. The van der Waals surface area contributed by atoms with Crippen molar-refractivity contribution in [1.29, 1.82) is 0 Å². The third kappa shape index (κ3) is 4.63. The van der Waals surface area contributed by atoms with Crippen LogP contribution in [-0.2, 0) is 0 Å². The van der Waals surface area contributed by atoms with E-state index in [2.05, 4.69) is 26.8 Å². The summed E-state index contributed by atoms with van der Waals surface area (Å²) in [6.07, 6.45) is 3.05. The summed E-state index contributed by atoms with van der Waals surface area (Å²) in [4.78, 5) is 16.9. The molecule has 2 heterocycles. The summed E-state index contributed by atoms with van der Waals surface area (Å²) in [5, 5.41) is 11.1. The normalized spacial score (nSPS) is 13.9. The Morgan fingerprint density at radius 2 is 2.15 bits per heavy atom. The van der Waals surface area contributed by atoms with E-state index in [1.54, 1.807) is 10.7 Å². The molecule has 3 rings (SSSR count). The summed E-state index contributed by atoms with van der Waals surface area (Å²) in [6, 6.07) is 7.41. The van der Waals surface area contributed by atoms with Gasteiger partial charge in [0.15, 0.2) is 0 Å². The molecule has 140 valence electrons. The summed E-state index contributed by atoms with van der Waals surface area (Å²) < 4.78 is 1.66. The van der Waals surface area contributed by atoms with E-state index in [1.165, 1.54) is 5.57 Å². The van der Waals surface area contributed by atoms with Crippen LogP contribution in [-0.4, -0.2) is 40.3 Å². The molecule has 6 nitrogen and oxygen atoms in total. The first-order chi connectivity index (χ1) is 12.1. The number of carbonyl (C=O) groups is 1. The maximum atomic E-state index is 12.5. The largest absolute Gasteiger partial charge is 0.346 e. The highest BCUT2D eigenvalue weighted by molar-refractivity contribution is 6.32. The average molecular weight is 396 g/mol. The highest BCUT2D eigenvalue weighted by Crippen LogP contribution is 2.23. The standard InChI is InChI=1S/C18H22ClN5O.ClH/c1-12(2)17-22-16(18(25)21-11-13-7-9-20-10-8-13)23-24(17)15-6-4-3-5-14(15)19;/h3-7,12,20H,8-11H2,1-2H3,(H,21,25);1H. The van der Waals surface area contributed by atoms with E-state index in [1.807, 2.05) is 32.0 Å². The number of hydrogen-bond donors (Lipinski definition) is 2. The van der Waals surface area contributed by atoms with Crippen LogP contribution in [0.3, 0.4) is 0 Å². The third-order valence-electron chi connectivity index (χ3n) is 4.07. The summed E-state index contributed by atoms with van der Waals surface area (Å²) in [5.74, 6) is 0.710. The van der Waals surface area contributed by atoms with Crippen molar-refractivity contribution < 1.29 is 4.79 Å². The highest BCUT2D eigenvalue weighted by Gasteiger charge is 2.20. The molecule has 2 N–H and O–H groups in total. The molecule has 0 radical (unpaired) electrons. The smallest absolute Gasteiger partial charge is 0.291 e. The van der Waals surface area contributed by atoms with Gasteiger partial charge in [-0.15, -0.1) is 17.5 Å². The number of aromatic nitrogens is 3. The van der Waals surface area contributed by atoms with Crippen molar-refractivity contribution in [2.45, 2.75) is 26.2 Å². The average Bonchev–Trinajstić information content (AvgIpc) is 3.06. The van der Waals surface area contributed by atoms with Crippen LogP contribution in [0.15, 0.2) is 35.9 Å². The van der Waals surface area contributed by atoms with E-state index >= 15 is 0 Å². The summed E-state index contributed by atoms with van der Waals surface area (Å²) in [6.45, 7) is 6.34. The van der Waals surface area contributed by atoms with Gasteiger partial charge >= 0.3 is 0 Å². The van der Waals surface area contributed by atoms with Gasteiger partial charge in [-0.25, -0.2) is 9.67 Å². The van der Waals surface area contributed by atoms with Crippen molar-refractivity contribution in [3.63, 3.8) is 0 Å². The number of nitrogens with one attached hydrogen (secondary N) is 2. The molecular formula is C18H23Cl2N5O. The quantitative estimate of drug-likeness (QED) is 0.762. The van der Waals surface area contributed by atoms with Crippen molar-refractivity contribution in [2.24, 2.45) is 0 Å². The number of rotatable bonds is 5. The molecule has 0 atom stereocenters. The third-order valence-corrected chi connectivity index (χ3v) is 4.39. The molecule has 2 aromatic rings. The van der Waals surface area contributed by atoms with Crippen molar-refractivity contribution >= 4 is 29.9 Å². The Bertz CT molecular complexity index is 801. The van der Waals surface area contributed by atoms with E-state index in [4.69, 9.17) is 11.6 Å². The second-order valence-electron chi connectivity index (χ2n) is 6.31. The molecule has 0 spiro atoms. The van der Waals surface area contributed by atoms with Crippen LogP contribution >= 0.6 is 24.0 Å². The van der Waals surface area contributed by atoms with Crippen LogP contribution in [0.25, 0.3) is 5.69 Å². The molecular weight excluding hydrogens is 373 g/mol. The Balaban J connectivity index is 0.00000243. The van der Waals surface area contributed by atoms with Crippen molar-refractivity contribution in [3.05, 3.63) is 52.6 Å². The van der Waals surface area contributed by atoms with Gasteiger partial charge in [0, 0.05) is 19.0 Å². The Kier molecular flexibility index (Phi) is 7.20. The molecule has 0 unspecified atom stereocenters. The molecule has 1 aliphatic heterocycles. The van der Waals surface area contributed by atoms with Gasteiger partial charge in [0.25, 0.3) is 5.91 Å². The first-order valence-corrected chi connectivity index (χ1v) is 8.82. The van der Waals surface area contributed by atoms with Crippen molar-refractivity contribution in [1.82, 2.24) is 25.4 Å². The number of nitrogens with zero attached hydrogens (tertiary/aromatic N) is 3. The number of para-hydroxylation sites is 1. The van der Waals surface area contributed by atoms with Crippen LogP contribution in [0.1, 0.15) is 42.6 Å². The Hall–Kier alpha value is -1.89. The Morgan fingerprint density at radius 3 is 2.81 bits per heavy atom. The van der Waals surface area contributed by atoms with Crippen molar-refractivity contribution in [3.8, 4) is 5.69 Å². The molecule has 0 fully saturated rings. The van der Waals surface area contributed by atoms with Crippen LogP contribution in [0.5, 0.6) is 0 Å². The van der Waals surface area contributed by atoms with E-state index in [0.29, 0.717) is 17.4 Å². The van der Waals surface area contributed by atoms with Gasteiger partial charge in [0.05, 0.1) is 10.7 Å². The van der Waals surface area contributed by atoms with Crippen LogP contribution in [0.4, 0.5) is 0 Å². The minimum Gasteiger partial charge on any atom is -0.346 e. The Labute approximate surface area is 164 Å². The number of benzene rings is 1.